The standard InChI is InChI=1S/C17H16F3N3O3S/c18-17(19,20)11-27-15-8-4-2-6-13(15)22-16(24)9-10-21-12-5-1-3-7-14(12)23(25)26/h1-8,21H,9-11H2,(H,22,24). The summed E-state index contributed by atoms with van der Waals surface area (Å²) in [6, 6.07) is 12.2. The Bertz CT molecular complexity index is 815. The van der Waals surface area contributed by atoms with E-state index in [1.807, 2.05) is 0 Å². The van der Waals surface area contributed by atoms with Crippen LogP contribution in [0.2, 0.25) is 0 Å². The highest BCUT2D eigenvalue weighted by atomic mass is 32.2. The Morgan fingerprint density at radius 2 is 1.70 bits per heavy atom. The van der Waals surface area contributed by atoms with E-state index in [4.69, 9.17) is 0 Å². The molecular weight excluding hydrogens is 383 g/mol. The van der Waals surface area contributed by atoms with Gasteiger partial charge in [-0.25, -0.2) is 0 Å². The van der Waals surface area contributed by atoms with Gasteiger partial charge in [0.2, 0.25) is 5.91 Å². The summed E-state index contributed by atoms with van der Waals surface area (Å²) in [4.78, 5) is 22.8. The molecule has 1 amide bonds. The predicted molar refractivity (Wildman–Crippen MR) is 98.1 cm³/mol. The highest BCUT2D eigenvalue weighted by Gasteiger charge is 2.27. The van der Waals surface area contributed by atoms with E-state index in [0.29, 0.717) is 22.3 Å². The first-order chi connectivity index (χ1) is 12.8. The lowest BCUT2D eigenvalue weighted by Crippen LogP contribution is -2.17. The van der Waals surface area contributed by atoms with Crippen molar-refractivity contribution in [1.29, 1.82) is 0 Å². The minimum Gasteiger partial charge on any atom is -0.379 e. The number of para-hydroxylation sites is 3. The molecule has 27 heavy (non-hydrogen) atoms. The molecule has 0 aliphatic rings. The van der Waals surface area contributed by atoms with Gasteiger partial charge in [0.1, 0.15) is 5.69 Å². The van der Waals surface area contributed by atoms with Gasteiger partial charge in [0.25, 0.3) is 5.69 Å². The molecule has 0 bridgehead atoms. The quantitative estimate of drug-likeness (QED) is 0.382. The summed E-state index contributed by atoms with van der Waals surface area (Å²) >= 11 is 0.592. The molecule has 0 unspecified atom stereocenters. The average Bonchev–Trinajstić information content (AvgIpc) is 2.60. The van der Waals surface area contributed by atoms with E-state index < -0.39 is 22.8 Å². The summed E-state index contributed by atoms with van der Waals surface area (Å²) in [6.45, 7) is 0.133. The van der Waals surface area contributed by atoms with Crippen LogP contribution in [0.5, 0.6) is 0 Å². The Hall–Kier alpha value is -2.75. The van der Waals surface area contributed by atoms with Crippen LogP contribution >= 0.6 is 11.8 Å². The number of halogens is 3. The van der Waals surface area contributed by atoms with Crippen molar-refractivity contribution in [3.63, 3.8) is 0 Å². The van der Waals surface area contributed by atoms with Crippen LogP contribution in [-0.4, -0.2) is 29.3 Å². The lowest BCUT2D eigenvalue weighted by molar-refractivity contribution is -0.384. The molecule has 0 saturated carbocycles. The normalized spacial score (nSPS) is 11.1. The van der Waals surface area contributed by atoms with E-state index >= 15 is 0 Å². The topological polar surface area (TPSA) is 84.3 Å². The number of thioether (sulfide) groups is 1. The van der Waals surface area contributed by atoms with Gasteiger partial charge in [0.15, 0.2) is 0 Å². The smallest absolute Gasteiger partial charge is 0.379 e. The minimum atomic E-state index is -4.31. The number of hydrogen-bond donors (Lipinski definition) is 2. The fourth-order valence-corrected chi connectivity index (χ4v) is 2.93. The first-order valence-electron chi connectivity index (χ1n) is 7.82. The molecule has 2 aromatic carbocycles. The molecule has 0 radical (unpaired) electrons. The monoisotopic (exact) mass is 399 g/mol. The zero-order chi connectivity index (χ0) is 19.9. The van der Waals surface area contributed by atoms with E-state index in [2.05, 4.69) is 10.6 Å². The number of nitro groups is 1. The van der Waals surface area contributed by atoms with E-state index in [0.717, 1.165) is 0 Å². The molecule has 6 nitrogen and oxygen atoms in total. The largest absolute Gasteiger partial charge is 0.398 e. The van der Waals surface area contributed by atoms with E-state index in [1.165, 1.54) is 30.3 Å². The molecule has 0 aliphatic heterocycles. The number of nitrogens with one attached hydrogen (secondary N) is 2. The molecule has 0 fully saturated rings. The number of nitro benzene ring substituents is 1. The maximum atomic E-state index is 12.4. The van der Waals surface area contributed by atoms with Crippen molar-refractivity contribution in [2.75, 3.05) is 22.9 Å². The van der Waals surface area contributed by atoms with Crippen LogP contribution in [0.3, 0.4) is 0 Å². The van der Waals surface area contributed by atoms with Crippen molar-refractivity contribution < 1.29 is 22.9 Å². The van der Waals surface area contributed by atoms with Gasteiger partial charge < -0.3 is 10.6 Å². The second-order valence-electron chi connectivity index (χ2n) is 5.40. The second kappa shape index (κ2) is 9.26. The molecule has 0 spiro atoms. The molecule has 144 valence electrons. The third kappa shape index (κ3) is 6.81. The number of amides is 1. The highest BCUT2D eigenvalue weighted by Crippen LogP contribution is 2.32. The molecule has 10 heteroatoms. The molecule has 0 heterocycles. The molecular formula is C17H16F3N3O3S. The van der Waals surface area contributed by atoms with Crippen molar-refractivity contribution >= 4 is 34.7 Å². The van der Waals surface area contributed by atoms with E-state index in [-0.39, 0.29) is 24.3 Å². The molecule has 0 atom stereocenters. The lowest BCUT2D eigenvalue weighted by Gasteiger charge is -2.12. The molecule has 0 saturated heterocycles. The maximum absolute atomic E-state index is 12.4. The van der Waals surface area contributed by atoms with Gasteiger partial charge in [-0.3, -0.25) is 14.9 Å². The van der Waals surface area contributed by atoms with Crippen LogP contribution in [0.4, 0.5) is 30.2 Å². The van der Waals surface area contributed by atoms with Gasteiger partial charge >= 0.3 is 6.18 Å². The molecule has 0 aliphatic carbocycles. The van der Waals surface area contributed by atoms with E-state index in [9.17, 15) is 28.1 Å². The Kier molecular flexibility index (Phi) is 7.05. The van der Waals surface area contributed by atoms with E-state index in [1.54, 1.807) is 18.2 Å². The Balaban J connectivity index is 1.91. The van der Waals surface area contributed by atoms with Crippen LogP contribution < -0.4 is 10.6 Å². The zero-order valence-corrected chi connectivity index (χ0v) is 14.8. The second-order valence-corrected chi connectivity index (χ2v) is 6.42. The van der Waals surface area contributed by atoms with Crippen LogP contribution in [0.25, 0.3) is 0 Å². The van der Waals surface area contributed by atoms with Crippen molar-refractivity contribution in [1.82, 2.24) is 0 Å². The molecule has 2 N–H and O–H groups in total. The number of rotatable bonds is 8. The first-order valence-corrected chi connectivity index (χ1v) is 8.80. The summed E-state index contributed by atoms with van der Waals surface area (Å²) in [5.74, 6) is -1.47. The summed E-state index contributed by atoms with van der Waals surface area (Å²) in [5.41, 5.74) is 0.477. The van der Waals surface area contributed by atoms with Crippen LogP contribution in [-0.2, 0) is 4.79 Å². The van der Waals surface area contributed by atoms with Gasteiger partial charge in [-0.05, 0) is 18.2 Å². The van der Waals surface area contributed by atoms with Crippen molar-refractivity contribution in [2.24, 2.45) is 0 Å². The fraction of sp³-hybridized carbons (Fsp3) is 0.235. The van der Waals surface area contributed by atoms with Gasteiger partial charge in [-0.15, -0.1) is 11.8 Å². The number of hydrogen-bond acceptors (Lipinski definition) is 5. The SMILES string of the molecule is O=C(CCNc1ccccc1[N+](=O)[O-])Nc1ccccc1SCC(F)(F)F. The number of alkyl halides is 3. The molecule has 2 aromatic rings. The summed E-state index contributed by atoms with van der Waals surface area (Å²) < 4.78 is 37.2. The zero-order valence-electron chi connectivity index (χ0n) is 14.0. The first kappa shape index (κ1) is 20.6. The Labute approximate surface area is 157 Å². The Morgan fingerprint density at radius 3 is 2.37 bits per heavy atom. The predicted octanol–water partition coefficient (Wildman–Crippen LogP) is 4.69. The third-order valence-corrected chi connectivity index (χ3v) is 4.46. The van der Waals surface area contributed by atoms with Gasteiger partial charge in [0.05, 0.1) is 16.4 Å². The molecule has 0 aromatic heterocycles. The summed E-state index contributed by atoms with van der Waals surface area (Å²) in [6.07, 6.45) is -4.32. The van der Waals surface area contributed by atoms with Crippen LogP contribution in [0.15, 0.2) is 53.4 Å². The Morgan fingerprint density at radius 1 is 1.07 bits per heavy atom. The fourth-order valence-electron chi connectivity index (χ4n) is 2.16. The van der Waals surface area contributed by atoms with Crippen molar-refractivity contribution in [2.45, 2.75) is 17.5 Å². The van der Waals surface area contributed by atoms with Crippen molar-refractivity contribution in [3.05, 3.63) is 58.6 Å². The average molecular weight is 399 g/mol. The lowest BCUT2D eigenvalue weighted by atomic mass is 10.2. The number of benzene rings is 2. The van der Waals surface area contributed by atoms with Gasteiger partial charge in [-0.1, -0.05) is 24.3 Å². The highest BCUT2D eigenvalue weighted by molar-refractivity contribution is 7.99. The van der Waals surface area contributed by atoms with Gasteiger partial charge in [-0.2, -0.15) is 13.2 Å². The number of carbonyl (C=O) groups is 1. The van der Waals surface area contributed by atoms with Crippen LogP contribution in [0.1, 0.15) is 6.42 Å². The van der Waals surface area contributed by atoms with Crippen LogP contribution in [0, 0.1) is 10.1 Å². The number of anilines is 2. The number of carbonyl (C=O) groups excluding carboxylic acids is 1. The summed E-state index contributed by atoms with van der Waals surface area (Å²) in [7, 11) is 0. The van der Waals surface area contributed by atoms with Gasteiger partial charge in [0, 0.05) is 23.9 Å². The maximum Gasteiger partial charge on any atom is 0.398 e. The third-order valence-electron chi connectivity index (χ3n) is 3.32. The summed E-state index contributed by atoms with van der Waals surface area (Å²) in [5, 5.41) is 16.3. The number of nitrogens with zero attached hydrogens (tertiary/aromatic N) is 1. The molecule has 2 rings (SSSR count). The minimum absolute atomic E-state index is 0.00960. The van der Waals surface area contributed by atoms with Crippen molar-refractivity contribution in [3.8, 4) is 0 Å².